The predicted molar refractivity (Wildman–Crippen MR) is 112 cm³/mol. The van der Waals surface area contributed by atoms with Crippen molar-refractivity contribution < 1.29 is 23.9 Å². The molecule has 0 fully saturated rings. The van der Waals surface area contributed by atoms with Gasteiger partial charge in [-0.1, -0.05) is 12.1 Å². The van der Waals surface area contributed by atoms with Crippen LogP contribution >= 0.6 is 0 Å². The maximum absolute atomic E-state index is 12.5. The Balaban J connectivity index is 2.02. The number of aromatic amines is 1. The molecule has 1 unspecified atom stereocenters. The van der Waals surface area contributed by atoms with Gasteiger partial charge in [0.1, 0.15) is 11.4 Å². The van der Waals surface area contributed by atoms with E-state index in [9.17, 15) is 14.4 Å². The minimum atomic E-state index is -0.825. The van der Waals surface area contributed by atoms with Crippen molar-refractivity contribution in [2.45, 2.75) is 60.7 Å². The van der Waals surface area contributed by atoms with E-state index in [1.54, 1.807) is 40.7 Å². The molecule has 8 heteroatoms. The number of H-pyrrole nitrogens is 1. The highest BCUT2D eigenvalue weighted by Crippen LogP contribution is 2.22. The summed E-state index contributed by atoms with van der Waals surface area (Å²) < 4.78 is 10.9. The number of hydrogen-bond acceptors (Lipinski definition) is 5. The maximum Gasteiger partial charge on any atom is 0.340 e. The molecule has 0 bridgehead atoms. The minimum Gasteiger partial charge on any atom is -0.481 e. The Hall–Kier alpha value is -3.29. The monoisotopic (exact) mass is 415 g/mol. The van der Waals surface area contributed by atoms with E-state index in [-0.39, 0.29) is 11.8 Å². The summed E-state index contributed by atoms with van der Waals surface area (Å²) in [6.45, 7) is 12.3. The third-order valence-electron chi connectivity index (χ3n) is 4.74. The molecule has 0 saturated heterocycles. The summed E-state index contributed by atoms with van der Waals surface area (Å²) in [5.41, 5.74) is 8.15. The SMILES string of the molecule is Cc1cccc(OC(C)C(=O)NNC(=O)c2[nH]c(C)c(C(=O)OC(C)C)c2C)c1C. The van der Waals surface area contributed by atoms with Crippen molar-refractivity contribution in [2.75, 3.05) is 0 Å². The lowest BCUT2D eigenvalue weighted by Gasteiger charge is -2.17. The molecule has 0 aliphatic rings. The third kappa shape index (κ3) is 5.20. The van der Waals surface area contributed by atoms with E-state index in [0.29, 0.717) is 22.6 Å². The van der Waals surface area contributed by atoms with Crippen LogP contribution in [-0.4, -0.2) is 35.0 Å². The number of benzene rings is 1. The first-order chi connectivity index (χ1) is 14.0. The van der Waals surface area contributed by atoms with Crippen molar-refractivity contribution in [1.82, 2.24) is 15.8 Å². The molecule has 1 aromatic carbocycles. The summed E-state index contributed by atoms with van der Waals surface area (Å²) in [5, 5.41) is 0. The van der Waals surface area contributed by atoms with Crippen LogP contribution in [-0.2, 0) is 9.53 Å². The number of carbonyl (C=O) groups excluding carboxylic acids is 3. The molecule has 0 saturated carbocycles. The Bertz CT molecular complexity index is 962. The molecule has 2 amide bonds. The van der Waals surface area contributed by atoms with E-state index in [4.69, 9.17) is 9.47 Å². The molecule has 0 aliphatic carbocycles. The zero-order valence-electron chi connectivity index (χ0n) is 18.4. The standard InChI is InChI=1S/C22H29N3O5/c1-11(2)29-22(28)18-14(5)19(23-15(18)6)21(27)25-24-20(26)16(7)30-17-10-8-9-12(3)13(17)4/h8-11,16,23H,1-7H3,(H,24,26)(H,25,27). The van der Waals surface area contributed by atoms with Crippen LogP contribution in [0, 0.1) is 27.7 Å². The lowest BCUT2D eigenvalue weighted by atomic mass is 10.1. The smallest absolute Gasteiger partial charge is 0.340 e. The van der Waals surface area contributed by atoms with Crippen LogP contribution in [0.3, 0.4) is 0 Å². The summed E-state index contributed by atoms with van der Waals surface area (Å²) in [6, 6.07) is 5.59. The molecular formula is C22H29N3O5. The number of aryl methyl sites for hydroxylation is 2. The molecule has 162 valence electrons. The van der Waals surface area contributed by atoms with E-state index in [0.717, 1.165) is 11.1 Å². The highest BCUT2D eigenvalue weighted by molar-refractivity contribution is 6.01. The van der Waals surface area contributed by atoms with E-state index in [2.05, 4.69) is 15.8 Å². The van der Waals surface area contributed by atoms with Gasteiger partial charge in [-0.25, -0.2) is 4.79 Å². The van der Waals surface area contributed by atoms with Gasteiger partial charge >= 0.3 is 5.97 Å². The number of hydrazine groups is 1. The molecule has 2 rings (SSSR count). The lowest BCUT2D eigenvalue weighted by Crippen LogP contribution is -2.47. The van der Waals surface area contributed by atoms with Crippen molar-refractivity contribution in [1.29, 1.82) is 0 Å². The summed E-state index contributed by atoms with van der Waals surface area (Å²) >= 11 is 0. The first-order valence-corrected chi connectivity index (χ1v) is 9.76. The van der Waals surface area contributed by atoms with Gasteiger partial charge in [0.15, 0.2) is 6.10 Å². The molecule has 0 radical (unpaired) electrons. The molecular weight excluding hydrogens is 386 g/mol. The highest BCUT2D eigenvalue weighted by atomic mass is 16.5. The molecule has 1 aromatic heterocycles. The Morgan fingerprint density at radius 2 is 1.63 bits per heavy atom. The van der Waals surface area contributed by atoms with Gasteiger partial charge in [-0.2, -0.15) is 0 Å². The van der Waals surface area contributed by atoms with Gasteiger partial charge < -0.3 is 14.5 Å². The van der Waals surface area contributed by atoms with Gasteiger partial charge in [-0.15, -0.1) is 0 Å². The first-order valence-electron chi connectivity index (χ1n) is 9.76. The molecule has 3 N–H and O–H groups in total. The van der Waals surface area contributed by atoms with Crippen LogP contribution in [0.4, 0.5) is 0 Å². The zero-order valence-corrected chi connectivity index (χ0v) is 18.4. The molecule has 1 heterocycles. The van der Waals surface area contributed by atoms with Gasteiger partial charge in [-0.05, 0) is 71.2 Å². The molecule has 2 aromatic rings. The molecule has 0 aliphatic heterocycles. The summed E-state index contributed by atoms with van der Waals surface area (Å²) in [6.07, 6.45) is -1.10. The minimum absolute atomic E-state index is 0.173. The number of amides is 2. The van der Waals surface area contributed by atoms with Crippen LogP contribution in [0.25, 0.3) is 0 Å². The van der Waals surface area contributed by atoms with Gasteiger partial charge in [0.2, 0.25) is 0 Å². The van der Waals surface area contributed by atoms with Crippen molar-refractivity contribution in [3.63, 3.8) is 0 Å². The van der Waals surface area contributed by atoms with Crippen molar-refractivity contribution in [3.8, 4) is 5.75 Å². The second-order valence-electron chi connectivity index (χ2n) is 7.48. The van der Waals surface area contributed by atoms with Crippen LogP contribution in [0.2, 0.25) is 0 Å². The predicted octanol–water partition coefficient (Wildman–Crippen LogP) is 3.04. The van der Waals surface area contributed by atoms with Gasteiger partial charge in [0.05, 0.1) is 11.7 Å². The number of hydrogen-bond donors (Lipinski definition) is 3. The van der Waals surface area contributed by atoms with E-state index < -0.39 is 23.9 Å². The Kier molecular flexibility index (Phi) is 7.26. The summed E-state index contributed by atoms with van der Waals surface area (Å²) in [7, 11) is 0. The maximum atomic E-state index is 12.5. The third-order valence-corrected chi connectivity index (χ3v) is 4.74. The average Bonchev–Trinajstić information content (AvgIpc) is 2.96. The van der Waals surface area contributed by atoms with E-state index in [1.807, 2.05) is 26.0 Å². The highest BCUT2D eigenvalue weighted by Gasteiger charge is 2.24. The quantitative estimate of drug-likeness (QED) is 0.496. The molecule has 1 atom stereocenters. The number of ether oxygens (including phenoxy) is 2. The average molecular weight is 415 g/mol. The van der Waals surface area contributed by atoms with Crippen molar-refractivity contribution in [2.24, 2.45) is 0 Å². The fraction of sp³-hybridized carbons (Fsp3) is 0.409. The first kappa shape index (κ1) is 23.0. The largest absolute Gasteiger partial charge is 0.481 e. The van der Waals surface area contributed by atoms with Gasteiger partial charge in [0, 0.05) is 5.69 Å². The Labute approximate surface area is 176 Å². The zero-order chi connectivity index (χ0) is 22.6. The van der Waals surface area contributed by atoms with Crippen LogP contribution < -0.4 is 15.6 Å². The second kappa shape index (κ2) is 9.47. The number of rotatable bonds is 6. The number of carbonyl (C=O) groups is 3. The van der Waals surface area contributed by atoms with Crippen LogP contribution in [0.15, 0.2) is 18.2 Å². The lowest BCUT2D eigenvalue weighted by molar-refractivity contribution is -0.128. The van der Waals surface area contributed by atoms with E-state index >= 15 is 0 Å². The van der Waals surface area contributed by atoms with Crippen LogP contribution in [0.5, 0.6) is 5.75 Å². The second-order valence-corrected chi connectivity index (χ2v) is 7.48. The van der Waals surface area contributed by atoms with Crippen molar-refractivity contribution in [3.05, 3.63) is 51.8 Å². The summed E-state index contributed by atoms with van der Waals surface area (Å²) in [4.78, 5) is 40.0. The van der Waals surface area contributed by atoms with E-state index in [1.165, 1.54) is 0 Å². The number of aromatic nitrogens is 1. The molecule has 8 nitrogen and oxygen atoms in total. The topological polar surface area (TPSA) is 110 Å². The van der Waals surface area contributed by atoms with Crippen molar-refractivity contribution >= 4 is 17.8 Å². The number of nitrogens with one attached hydrogen (secondary N) is 3. The Morgan fingerprint density at radius 1 is 0.967 bits per heavy atom. The van der Waals surface area contributed by atoms with Gasteiger partial charge in [-0.3, -0.25) is 20.4 Å². The normalized spacial score (nSPS) is 11.7. The fourth-order valence-corrected chi connectivity index (χ4v) is 2.93. The Morgan fingerprint density at radius 3 is 2.27 bits per heavy atom. The summed E-state index contributed by atoms with van der Waals surface area (Å²) in [5.74, 6) is -0.987. The number of esters is 1. The van der Waals surface area contributed by atoms with Crippen LogP contribution in [0.1, 0.15) is 64.0 Å². The fourth-order valence-electron chi connectivity index (χ4n) is 2.93. The molecule has 0 spiro atoms. The molecule has 30 heavy (non-hydrogen) atoms. The van der Waals surface area contributed by atoms with Gasteiger partial charge in [0.25, 0.3) is 11.8 Å².